The molecule has 1 atom stereocenters. The lowest BCUT2D eigenvalue weighted by atomic mass is 10.1. The summed E-state index contributed by atoms with van der Waals surface area (Å²) in [5, 5.41) is 0. The molecule has 1 aromatic rings. The van der Waals surface area contributed by atoms with E-state index in [-0.39, 0.29) is 18.4 Å². The molecule has 0 radical (unpaired) electrons. The number of rotatable bonds is 3. The van der Waals surface area contributed by atoms with Crippen LogP contribution >= 0.6 is 28.3 Å². The normalized spacial score (nSPS) is 11.9. The third-order valence-corrected chi connectivity index (χ3v) is 2.45. The summed E-state index contributed by atoms with van der Waals surface area (Å²) < 4.78 is 0.867. The van der Waals surface area contributed by atoms with E-state index in [1.165, 1.54) is 0 Å². The number of hydrogen-bond acceptors (Lipinski definition) is 2. The van der Waals surface area contributed by atoms with Gasteiger partial charge in [-0.3, -0.25) is 0 Å². The summed E-state index contributed by atoms with van der Waals surface area (Å²) in [4.78, 5) is 4.12. The summed E-state index contributed by atoms with van der Waals surface area (Å²) in [5.41, 5.74) is 7.03. The predicted molar refractivity (Wildman–Crippen MR) is 61.0 cm³/mol. The second kappa shape index (κ2) is 6.35. The average molecular weight is 266 g/mol. The molecule has 0 bridgehead atoms. The minimum atomic E-state index is 0. The highest BCUT2D eigenvalue weighted by atomic mass is 79.9. The summed E-state index contributed by atoms with van der Waals surface area (Å²) >= 11 is 3.38. The number of hydrogen-bond donors (Lipinski definition) is 1. The fourth-order valence-electron chi connectivity index (χ4n) is 1.14. The zero-order valence-corrected chi connectivity index (χ0v) is 9.94. The van der Waals surface area contributed by atoms with Crippen molar-refractivity contribution in [2.24, 2.45) is 5.73 Å². The van der Waals surface area contributed by atoms with Crippen molar-refractivity contribution in [1.29, 1.82) is 0 Å². The van der Waals surface area contributed by atoms with E-state index in [9.17, 15) is 0 Å². The lowest BCUT2D eigenvalue weighted by molar-refractivity contribution is 0.633. The van der Waals surface area contributed by atoms with E-state index in [0.29, 0.717) is 0 Å². The maximum Gasteiger partial charge on any atom is 0.110 e. The molecule has 0 amide bonds. The van der Waals surface area contributed by atoms with E-state index in [1.54, 1.807) is 6.20 Å². The number of halogens is 2. The smallest absolute Gasteiger partial charge is 0.110 e. The molecule has 1 aromatic heterocycles. The largest absolute Gasteiger partial charge is 0.324 e. The molecule has 2 N–H and O–H groups in total. The molecule has 0 aliphatic carbocycles. The van der Waals surface area contributed by atoms with Gasteiger partial charge in [-0.05, 0) is 28.4 Å². The first kappa shape index (κ1) is 12.9. The van der Waals surface area contributed by atoms with Crippen LogP contribution in [-0.4, -0.2) is 4.98 Å². The predicted octanol–water partition coefficient (Wildman–Crippen LogP) is 3.07. The first-order valence-electron chi connectivity index (χ1n) is 4.11. The highest BCUT2D eigenvalue weighted by Gasteiger charge is 2.07. The van der Waals surface area contributed by atoms with Crippen molar-refractivity contribution in [1.82, 2.24) is 4.98 Å². The van der Waals surface area contributed by atoms with Gasteiger partial charge in [-0.15, -0.1) is 12.4 Å². The number of nitrogens with zero attached hydrogens (tertiary/aromatic N) is 1. The zero-order valence-electron chi connectivity index (χ0n) is 7.53. The quantitative estimate of drug-likeness (QED) is 0.853. The number of aromatic nitrogens is 1. The molecule has 1 heterocycles. The van der Waals surface area contributed by atoms with Gasteiger partial charge < -0.3 is 5.73 Å². The lowest BCUT2D eigenvalue weighted by Crippen LogP contribution is -2.10. The van der Waals surface area contributed by atoms with Crippen LogP contribution in [0.1, 0.15) is 31.4 Å². The Morgan fingerprint density at radius 3 is 2.85 bits per heavy atom. The molecule has 2 nitrogen and oxygen atoms in total. The van der Waals surface area contributed by atoms with Gasteiger partial charge in [0.25, 0.3) is 0 Å². The summed E-state index contributed by atoms with van der Waals surface area (Å²) in [6.45, 7) is 2.13. The van der Waals surface area contributed by atoms with Gasteiger partial charge in [0.05, 0.1) is 0 Å². The molecular formula is C9H14BrClN2. The van der Waals surface area contributed by atoms with Crippen LogP contribution in [0, 0.1) is 0 Å². The van der Waals surface area contributed by atoms with Crippen LogP contribution in [-0.2, 0) is 0 Å². The van der Waals surface area contributed by atoms with E-state index >= 15 is 0 Å². The van der Waals surface area contributed by atoms with Crippen LogP contribution in [0.15, 0.2) is 22.9 Å². The Labute approximate surface area is 93.5 Å². The molecular weight excluding hydrogens is 251 g/mol. The van der Waals surface area contributed by atoms with E-state index < -0.39 is 0 Å². The highest BCUT2D eigenvalue weighted by molar-refractivity contribution is 9.10. The summed E-state index contributed by atoms with van der Waals surface area (Å²) in [5.74, 6) is 0. The van der Waals surface area contributed by atoms with Crippen molar-refractivity contribution in [3.63, 3.8) is 0 Å². The van der Waals surface area contributed by atoms with Gasteiger partial charge in [-0.25, -0.2) is 4.98 Å². The maximum atomic E-state index is 5.94. The van der Waals surface area contributed by atoms with Crippen molar-refractivity contribution < 1.29 is 0 Å². The van der Waals surface area contributed by atoms with Gasteiger partial charge in [0.1, 0.15) is 4.60 Å². The molecule has 0 unspecified atom stereocenters. The van der Waals surface area contributed by atoms with Crippen molar-refractivity contribution in [3.05, 3.63) is 28.5 Å². The van der Waals surface area contributed by atoms with Gasteiger partial charge in [0.2, 0.25) is 0 Å². The first-order chi connectivity index (χ1) is 5.75. The molecule has 0 aromatic carbocycles. The van der Waals surface area contributed by atoms with Crippen LogP contribution in [0.4, 0.5) is 0 Å². The van der Waals surface area contributed by atoms with Gasteiger partial charge >= 0.3 is 0 Å². The molecule has 74 valence electrons. The lowest BCUT2D eigenvalue weighted by Gasteiger charge is -2.11. The third-order valence-electron chi connectivity index (χ3n) is 1.79. The van der Waals surface area contributed by atoms with E-state index in [0.717, 1.165) is 23.0 Å². The molecule has 0 spiro atoms. The van der Waals surface area contributed by atoms with Gasteiger partial charge in [-0.2, -0.15) is 0 Å². The number of pyridine rings is 1. The Kier molecular flexibility index (Phi) is 6.29. The Morgan fingerprint density at radius 2 is 2.31 bits per heavy atom. The van der Waals surface area contributed by atoms with E-state index in [2.05, 4.69) is 27.8 Å². The minimum absolute atomic E-state index is 0. The van der Waals surface area contributed by atoms with Crippen LogP contribution < -0.4 is 5.73 Å². The van der Waals surface area contributed by atoms with Crippen molar-refractivity contribution >= 4 is 28.3 Å². The fourth-order valence-corrected chi connectivity index (χ4v) is 1.69. The highest BCUT2D eigenvalue weighted by Crippen LogP contribution is 2.21. The Balaban J connectivity index is 0.00000144. The Morgan fingerprint density at radius 1 is 1.62 bits per heavy atom. The SMILES string of the molecule is CCC[C@@H](N)c1cccnc1Br.Cl. The Hall–Kier alpha value is -0.120. The van der Waals surface area contributed by atoms with Gasteiger partial charge in [-0.1, -0.05) is 19.4 Å². The van der Waals surface area contributed by atoms with Crippen molar-refractivity contribution in [2.75, 3.05) is 0 Å². The van der Waals surface area contributed by atoms with Crippen LogP contribution in [0.2, 0.25) is 0 Å². The summed E-state index contributed by atoms with van der Waals surface area (Å²) in [6.07, 6.45) is 3.86. The summed E-state index contributed by atoms with van der Waals surface area (Å²) in [7, 11) is 0. The van der Waals surface area contributed by atoms with E-state index in [1.807, 2.05) is 12.1 Å². The molecule has 0 fully saturated rings. The topological polar surface area (TPSA) is 38.9 Å². The maximum absolute atomic E-state index is 5.94. The molecule has 0 saturated carbocycles. The molecule has 0 saturated heterocycles. The minimum Gasteiger partial charge on any atom is -0.324 e. The first-order valence-corrected chi connectivity index (χ1v) is 4.91. The second-order valence-electron chi connectivity index (χ2n) is 2.78. The molecule has 13 heavy (non-hydrogen) atoms. The van der Waals surface area contributed by atoms with Crippen molar-refractivity contribution in [3.8, 4) is 0 Å². The monoisotopic (exact) mass is 264 g/mol. The zero-order chi connectivity index (χ0) is 8.97. The van der Waals surface area contributed by atoms with Crippen LogP contribution in [0.25, 0.3) is 0 Å². The van der Waals surface area contributed by atoms with Crippen molar-refractivity contribution in [2.45, 2.75) is 25.8 Å². The van der Waals surface area contributed by atoms with Crippen LogP contribution in [0.3, 0.4) is 0 Å². The van der Waals surface area contributed by atoms with E-state index in [4.69, 9.17) is 5.73 Å². The second-order valence-corrected chi connectivity index (χ2v) is 3.53. The molecule has 1 rings (SSSR count). The molecule has 0 aliphatic heterocycles. The molecule has 0 aliphatic rings. The third kappa shape index (κ3) is 3.63. The standard InChI is InChI=1S/C9H13BrN2.ClH/c1-2-4-8(11)7-5-3-6-12-9(7)10;/h3,5-6,8H,2,4,11H2,1H3;1H/t8-;/m1./s1. The average Bonchev–Trinajstić information content (AvgIpc) is 2.05. The number of nitrogens with two attached hydrogens (primary N) is 1. The molecule has 4 heteroatoms. The van der Waals surface area contributed by atoms with Crippen LogP contribution in [0.5, 0.6) is 0 Å². The van der Waals surface area contributed by atoms with Gasteiger partial charge in [0.15, 0.2) is 0 Å². The fraction of sp³-hybridized carbons (Fsp3) is 0.444. The summed E-state index contributed by atoms with van der Waals surface area (Å²) in [6, 6.07) is 4.03. The Bertz CT molecular complexity index is 255. The van der Waals surface area contributed by atoms with Gasteiger partial charge in [0, 0.05) is 17.8 Å².